The summed E-state index contributed by atoms with van der Waals surface area (Å²) in [6.45, 7) is 3.04. The molecule has 0 atom stereocenters. The molecule has 0 heterocycles. The van der Waals surface area contributed by atoms with Crippen molar-refractivity contribution in [1.82, 2.24) is 5.32 Å². The molecule has 2 rings (SSSR count). The Labute approximate surface area is 108 Å². The minimum atomic E-state index is -0.00389. The van der Waals surface area contributed by atoms with Crippen molar-refractivity contribution in [3.63, 3.8) is 0 Å². The van der Waals surface area contributed by atoms with E-state index in [1.807, 2.05) is 25.1 Å². The van der Waals surface area contributed by atoms with E-state index in [1.54, 1.807) is 0 Å². The van der Waals surface area contributed by atoms with Crippen LogP contribution in [0.1, 0.15) is 34.3 Å². The molecule has 3 N–H and O–H groups in total. The molecule has 0 radical (unpaired) electrons. The molecule has 0 saturated heterocycles. The predicted molar refractivity (Wildman–Crippen MR) is 72.2 cm³/mol. The largest absolute Gasteiger partial charge is 0.352 e. The Bertz CT molecular complexity index is 507. The molecule has 1 aliphatic rings. The minimum Gasteiger partial charge on any atom is -0.352 e. The van der Waals surface area contributed by atoms with Gasteiger partial charge in [0.2, 0.25) is 0 Å². The molecule has 1 amide bonds. The van der Waals surface area contributed by atoms with E-state index in [2.05, 4.69) is 17.2 Å². The first-order valence-electron chi connectivity index (χ1n) is 6.29. The average molecular weight is 242 g/mol. The average Bonchev–Trinajstić information content (AvgIpc) is 3.19. The second kappa shape index (κ2) is 5.70. The zero-order chi connectivity index (χ0) is 13.0. The van der Waals surface area contributed by atoms with E-state index in [0.29, 0.717) is 18.0 Å². The van der Waals surface area contributed by atoms with Gasteiger partial charge in [0.05, 0.1) is 6.54 Å². The summed E-state index contributed by atoms with van der Waals surface area (Å²) in [4.78, 5) is 12.0. The van der Waals surface area contributed by atoms with Gasteiger partial charge in [-0.3, -0.25) is 4.79 Å². The van der Waals surface area contributed by atoms with Gasteiger partial charge < -0.3 is 11.1 Å². The fraction of sp³-hybridized carbons (Fsp3) is 0.400. The molecule has 1 aromatic rings. The molecule has 94 valence electrons. The quantitative estimate of drug-likeness (QED) is 0.788. The van der Waals surface area contributed by atoms with Crippen LogP contribution in [0.15, 0.2) is 18.2 Å². The number of benzene rings is 1. The minimum absolute atomic E-state index is 0.00389. The molecule has 18 heavy (non-hydrogen) atoms. The lowest BCUT2D eigenvalue weighted by atomic mass is 10.0. The van der Waals surface area contributed by atoms with E-state index in [-0.39, 0.29) is 5.91 Å². The van der Waals surface area contributed by atoms with Crippen molar-refractivity contribution in [1.29, 1.82) is 0 Å². The van der Waals surface area contributed by atoms with Crippen LogP contribution in [0.4, 0.5) is 0 Å². The van der Waals surface area contributed by atoms with Crippen LogP contribution >= 0.6 is 0 Å². The number of nitrogens with one attached hydrogen (secondary N) is 1. The lowest BCUT2D eigenvalue weighted by Gasteiger charge is -2.08. The van der Waals surface area contributed by atoms with Crippen LogP contribution in [0.2, 0.25) is 0 Å². The topological polar surface area (TPSA) is 55.1 Å². The fourth-order valence-electron chi connectivity index (χ4n) is 1.82. The van der Waals surface area contributed by atoms with E-state index in [4.69, 9.17) is 5.73 Å². The summed E-state index contributed by atoms with van der Waals surface area (Å²) in [7, 11) is 0. The van der Waals surface area contributed by atoms with Gasteiger partial charge in [0, 0.05) is 17.7 Å². The van der Waals surface area contributed by atoms with Crippen LogP contribution in [-0.4, -0.2) is 19.0 Å². The van der Waals surface area contributed by atoms with Crippen molar-refractivity contribution in [3.8, 4) is 11.8 Å². The molecule has 0 aliphatic heterocycles. The van der Waals surface area contributed by atoms with Crippen molar-refractivity contribution in [3.05, 3.63) is 34.9 Å². The van der Waals surface area contributed by atoms with Gasteiger partial charge in [-0.25, -0.2) is 0 Å². The first kappa shape index (κ1) is 12.7. The van der Waals surface area contributed by atoms with E-state index in [1.165, 1.54) is 12.8 Å². The second-order valence-corrected chi connectivity index (χ2v) is 4.64. The summed E-state index contributed by atoms with van der Waals surface area (Å²) < 4.78 is 0. The Morgan fingerprint density at radius 2 is 2.28 bits per heavy atom. The maximum Gasteiger partial charge on any atom is 0.251 e. The zero-order valence-corrected chi connectivity index (χ0v) is 10.6. The number of hydrogen-bond acceptors (Lipinski definition) is 2. The summed E-state index contributed by atoms with van der Waals surface area (Å²) in [5, 5.41) is 2.97. The molecule has 1 saturated carbocycles. The highest BCUT2D eigenvalue weighted by atomic mass is 16.1. The third kappa shape index (κ3) is 3.12. The Morgan fingerprint density at radius 3 is 2.94 bits per heavy atom. The van der Waals surface area contributed by atoms with Crippen molar-refractivity contribution in [2.24, 2.45) is 11.7 Å². The summed E-state index contributed by atoms with van der Waals surface area (Å²) in [6.07, 6.45) is 2.47. The van der Waals surface area contributed by atoms with Crippen molar-refractivity contribution >= 4 is 5.91 Å². The summed E-state index contributed by atoms with van der Waals surface area (Å²) in [6, 6.07) is 5.61. The molecule has 3 nitrogen and oxygen atoms in total. The van der Waals surface area contributed by atoms with E-state index in [9.17, 15) is 4.79 Å². The molecular formula is C15H18N2O. The van der Waals surface area contributed by atoms with E-state index in [0.717, 1.165) is 17.7 Å². The van der Waals surface area contributed by atoms with Gasteiger partial charge in [-0.05, 0) is 43.4 Å². The SMILES string of the molecule is Cc1c(C#CCN)cccc1C(=O)NCC1CC1. The van der Waals surface area contributed by atoms with Crippen LogP contribution in [0.3, 0.4) is 0 Å². The van der Waals surface area contributed by atoms with E-state index < -0.39 is 0 Å². The van der Waals surface area contributed by atoms with Crippen LogP contribution in [0.25, 0.3) is 0 Å². The second-order valence-electron chi connectivity index (χ2n) is 4.64. The predicted octanol–water partition coefficient (Wildman–Crippen LogP) is 1.45. The molecule has 0 unspecified atom stereocenters. The smallest absolute Gasteiger partial charge is 0.251 e. The number of rotatable bonds is 3. The lowest BCUT2D eigenvalue weighted by Crippen LogP contribution is -2.26. The highest BCUT2D eigenvalue weighted by molar-refractivity contribution is 5.96. The first-order chi connectivity index (χ1) is 8.72. The summed E-state index contributed by atoms with van der Waals surface area (Å²) >= 11 is 0. The Balaban J connectivity index is 2.13. The van der Waals surface area contributed by atoms with Crippen molar-refractivity contribution < 1.29 is 4.79 Å². The van der Waals surface area contributed by atoms with Crippen LogP contribution in [0.5, 0.6) is 0 Å². The molecule has 0 bridgehead atoms. The van der Waals surface area contributed by atoms with Gasteiger partial charge in [-0.15, -0.1) is 0 Å². The molecule has 1 aliphatic carbocycles. The third-order valence-electron chi connectivity index (χ3n) is 3.15. The number of carbonyl (C=O) groups is 1. The van der Waals surface area contributed by atoms with E-state index >= 15 is 0 Å². The van der Waals surface area contributed by atoms with Gasteiger partial charge in [-0.2, -0.15) is 0 Å². The van der Waals surface area contributed by atoms with Gasteiger partial charge in [0.1, 0.15) is 0 Å². The van der Waals surface area contributed by atoms with Gasteiger partial charge >= 0.3 is 0 Å². The van der Waals surface area contributed by atoms with Crippen LogP contribution in [0, 0.1) is 24.7 Å². The highest BCUT2D eigenvalue weighted by Crippen LogP contribution is 2.27. The number of nitrogens with two attached hydrogens (primary N) is 1. The van der Waals surface area contributed by atoms with Gasteiger partial charge in [0.25, 0.3) is 5.91 Å². The molecule has 3 heteroatoms. The van der Waals surface area contributed by atoms with Gasteiger partial charge in [-0.1, -0.05) is 17.9 Å². The fourth-order valence-corrected chi connectivity index (χ4v) is 1.82. The Hall–Kier alpha value is -1.79. The zero-order valence-electron chi connectivity index (χ0n) is 10.6. The van der Waals surface area contributed by atoms with Crippen molar-refractivity contribution in [2.45, 2.75) is 19.8 Å². The molecule has 1 aromatic carbocycles. The molecule has 0 aromatic heterocycles. The first-order valence-corrected chi connectivity index (χ1v) is 6.29. The maximum atomic E-state index is 12.0. The third-order valence-corrected chi connectivity index (χ3v) is 3.15. The van der Waals surface area contributed by atoms with Gasteiger partial charge in [0.15, 0.2) is 0 Å². The summed E-state index contributed by atoms with van der Waals surface area (Å²) in [5.74, 6) is 6.49. The normalized spacial score (nSPS) is 13.7. The molecule has 1 fully saturated rings. The Morgan fingerprint density at radius 1 is 1.50 bits per heavy atom. The van der Waals surface area contributed by atoms with Crippen molar-refractivity contribution in [2.75, 3.05) is 13.1 Å². The highest BCUT2D eigenvalue weighted by Gasteiger charge is 2.22. The molecular weight excluding hydrogens is 224 g/mol. The monoisotopic (exact) mass is 242 g/mol. The number of hydrogen-bond donors (Lipinski definition) is 2. The number of amides is 1. The summed E-state index contributed by atoms with van der Waals surface area (Å²) in [5.41, 5.74) is 7.86. The lowest BCUT2D eigenvalue weighted by molar-refractivity contribution is 0.0951. The number of carbonyl (C=O) groups excluding carboxylic acids is 1. The van der Waals surface area contributed by atoms with Crippen LogP contribution in [-0.2, 0) is 0 Å². The molecule has 0 spiro atoms. The van der Waals surface area contributed by atoms with Crippen LogP contribution < -0.4 is 11.1 Å². The standard InChI is InChI=1S/C15H18N2O/c1-11-13(5-3-9-16)4-2-6-14(11)15(18)17-10-12-7-8-12/h2,4,6,12H,7-10,16H2,1H3,(H,17,18). The maximum absolute atomic E-state index is 12.0. The Kier molecular flexibility index (Phi) is 4.01.